The molecule has 6 nitrogen and oxygen atoms in total. The van der Waals surface area contributed by atoms with Gasteiger partial charge in [0.25, 0.3) is 5.91 Å². The summed E-state index contributed by atoms with van der Waals surface area (Å²) in [4.78, 5) is 14.8. The van der Waals surface area contributed by atoms with Crippen molar-refractivity contribution in [2.24, 2.45) is 0 Å². The van der Waals surface area contributed by atoms with Gasteiger partial charge in [-0.05, 0) is 57.7 Å². The van der Waals surface area contributed by atoms with Crippen LogP contribution < -0.4 is 14.8 Å². The molecule has 0 aliphatic carbocycles. The van der Waals surface area contributed by atoms with E-state index in [1.807, 2.05) is 19.1 Å². The summed E-state index contributed by atoms with van der Waals surface area (Å²) < 4.78 is 10.6. The molecule has 3 atom stereocenters. The molecule has 3 unspecified atom stereocenters. The smallest absolute Gasteiger partial charge is 0.263 e. The standard InChI is InChI=1S/C21H29N3O3/c1-14-7-6-8-15(2)24(14)13-18(12-22)21(25)23-16(3)17-9-10-19(26-4)20(11-17)27-5/h9-11,13-16H,6-8H2,1-5H3,(H,23,25)/b18-13-. The summed E-state index contributed by atoms with van der Waals surface area (Å²) in [5, 5.41) is 12.4. The summed E-state index contributed by atoms with van der Waals surface area (Å²) in [7, 11) is 3.15. The zero-order chi connectivity index (χ0) is 20.0. The van der Waals surface area contributed by atoms with Crippen molar-refractivity contribution in [1.82, 2.24) is 10.2 Å². The number of likely N-dealkylation sites (tertiary alicyclic amines) is 1. The van der Waals surface area contributed by atoms with E-state index in [1.165, 1.54) is 6.42 Å². The predicted octanol–water partition coefficient (Wildman–Crippen LogP) is 3.55. The maximum Gasteiger partial charge on any atom is 0.263 e. The first-order chi connectivity index (χ1) is 12.9. The minimum Gasteiger partial charge on any atom is -0.493 e. The number of nitrogens with zero attached hydrogens (tertiary/aromatic N) is 2. The number of ether oxygens (including phenoxy) is 2. The second-order valence-corrected chi connectivity index (χ2v) is 7.04. The molecule has 1 heterocycles. The van der Waals surface area contributed by atoms with Crippen molar-refractivity contribution in [3.8, 4) is 17.6 Å². The molecule has 6 heteroatoms. The third-order valence-corrected chi connectivity index (χ3v) is 5.16. The molecule has 27 heavy (non-hydrogen) atoms. The van der Waals surface area contributed by atoms with Crippen molar-refractivity contribution in [3.05, 3.63) is 35.5 Å². The first-order valence-corrected chi connectivity index (χ1v) is 9.33. The predicted molar refractivity (Wildman–Crippen MR) is 104 cm³/mol. The van der Waals surface area contributed by atoms with Gasteiger partial charge in [0.2, 0.25) is 0 Å². The number of hydrogen-bond acceptors (Lipinski definition) is 5. The summed E-state index contributed by atoms with van der Waals surface area (Å²) in [5.74, 6) is 0.860. The highest BCUT2D eigenvalue weighted by atomic mass is 16.5. The largest absolute Gasteiger partial charge is 0.493 e. The van der Waals surface area contributed by atoms with E-state index in [1.54, 1.807) is 26.5 Å². The Morgan fingerprint density at radius 3 is 2.44 bits per heavy atom. The molecule has 1 N–H and O–H groups in total. The van der Waals surface area contributed by atoms with E-state index in [0.717, 1.165) is 18.4 Å². The fourth-order valence-corrected chi connectivity index (χ4v) is 3.46. The van der Waals surface area contributed by atoms with E-state index in [0.29, 0.717) is 23.6 Å². The molecule has 0 bridgehead atoms. The Labute approximate surface area is 161 Å². The SMILES string of the molecule is COc1ccc(C(C)NC(=O)/C(C#N)=C\N2C(C)CCCC2C)cc1OC. The number of piperidine rings is 1. The summed E-state index contributed by atoms with van der Waals surface area (Å²) in [6, 6.07) is 7.93. The van der Waals surface area contributed by atoms with Crippen molar-refractivity contribution < 1.29 is 14.3 Å². The highest BCUT2D eigenvalue weighted by Gasteiger charge is 2.24. The second kappa shape index (κ2) is 9.31. The van der Waals surface area contributed by atoms with Crippen molar-refractivity contribution in [1.29, 1.82) is 5.26 Å². The molecule has 0 radical (unpaired) electrons. The maximum atomic E-state index is 12.6. The number of carbonyl (C=O) groups is 1. The topological polar surface area (TPSA) is 74.6 Å². The van der Waals surface area contributed by atoms with Gasteiger partial charge in [-0.2, -0.15) is 5.26 Å². The van der Waals surface area contributed by atoms with Crippen LogP contribution >= 0.6 is 0 Å². The van der Waals surface area contributed by atoms with Crippen LogP contribution in [0.5, 0.6) is 11.5 Å². The summed E-state index contributed by atoms with van der Waals surface area (Å²) in [6.07, 6.45) is 5.04. The molecule has 1 fully saturated rings. The lowest BCUT2D eigenvalue weighted by atomic mass is 9.98. The van der Waals surface area contributed by atoms with Crippen LogP contribution in [0.3, 0.4) is 0 Å². The second-order valence-electron chi connectivity index (χ2n) is 7.04. The molecule has 1 aliphatic heterocycles. The van der Waals surface area contributed by atoms with Crippen molar-refractivity contribution in [2.75, 3.05) is 14.2 Å². The lowest BCUT2D eigenvalue weighted by molar-refractivity contribution is -0.117. The van der Waals surface area contributed by atoms with Crippen LogP contribution in [0.2, 0.25) is 0 Å². The van der Waals surface area contributed by atoms with Gasteiger partial charge < -0.3 is 19.7 Å². The van der Waals surface area contributed by atoms with Crippen LogP contribution in [0.1, 0.15) is 51.6 Å². The van der Waals surface area contributed by atoms with Gasteiger partial charge in [-0.1, -0.05) is 6.07 Å². The lowest BCUT2D eigenvalue weighted by Crippen LogP contribution is -2.40. The number of amides is 1. The Morgan fingerprint density at radius 1 is 1.26 bits per heavy atom. The van der Waals surface area contributed by atoms with Crippen molar-refractivity contribution in [3.63, 3.8) is 0 Å². The average Bonchev–Trinajstić information content (AvgIpc) is 2.67. The highest BCUT2D eigenvalue weighted by molar-refractivity contribution is 5.97. The van der Waals surface area contributed by atoms with Crippen LogP contribution in [0.15, 0.2) is 30.0 Å². The zero-order valence-corrected chi connectivity index (χ0v) is 16.8. The Bertz CT molecular complexity index is 729. The first-order valence-electron chi connectivity index (χ1n) is 9.33. The molecule has 0 aromatic heterocycles. The number of rotatable bonds is 6. The molecule has 0 saturated carbocycles. The molecule has 0 spiro atoms. The maximum absolute atomic E-state index is 12.6. The molecule has 1 saturated heterocycles. The molecule has 2 rings (SSSR count). The Hall–Kier alpha value is -2.68. The van der Waals surface area contributed by atoms with Crippen LogP contribution in [0.4, 0.5) is 0 Å². The monoisotopic (exact) mass is 371 g/mol. The molecular weight excluding hydrogens is 342 g/mol. The van der Waals surface area contributed by atoms with Crippen molar-refractivity contribution >= 4 is 5.91 Å². The lowest BCUT2D eigenvalue weighted by Gasteiger charge is -2.38. The van der Waals surface area contributed by atoms with E-state index in [2.05, 4.69) is 30.1 Å². The third kappa shape index (κ3) is 4.94. The van der Waals surface area contributed by atoms with Gasteiger partial charge in [0, 0.05) is 18.3 Å². The van der Waals surface area contributed by atoms with Gasteiger partial charge in [-0.25, -0.2) is 0 Å². The van der Waals surface area contributed by atoms with Gasteiger partial charge in [0.15, 0.2) is 11.5 Å². The number of hydrogen-bond donors (Lipinski definition) is 1. The highest BCUT2D eigenvalue weighted by Crippen LogP contribution is 2.30. The third-order valence-electron chi connectivity index (χ3n) is 5.16. The normalized spacial score (nSPS) is 21.2. The van der Waals surface area contributed by atoms with E-state index < -0.39 is 0 Å². The van der Waals surface area contributed by atoms with Gasteiger partial charge in [-0.3, -0.25) is 4.79 Å². The number of methoxy groups -OCH3 is 2. The minimum atomic E-state index is -0.371. The van der Waals surface area contributed by atoms with E-state index in [-0.39, 0.29) is 17.5 Å². The van der Waals surface area contributed by atoms with E-state index in [9.17, 15) is 10.1 Å². The number of nitrogens with one attached hydrogen (secondary N) is 1. The van der Waals surface area contributed by atoms with Gasteiger partial charge in [-0.15, -0.1) is 0 Å². The molecule has 1 aromatic carbocycles. The van der Waals surface area contributed by atoms with Crippen LogP contribution in [-0.4, -0.2) is 37.1 Å². The van der Waals surface area contributed by atoms with E-state index in [4.69, 9.17) is 9.47 Å². The molecule has 1 aliphatic rings. The Kier molecular flexibility index (Phi) is 7.12. The molecule has 146 valence electrons. The Balaban J connectivity index is 2.14. The van der Waals surface area contributed by atoms with Gasteiger partial charge >= 0.3 is 0 Å². The fraction of sp³-hybridized carbons (Fsp3) is 0.524. The zero-order valence-electron chi connectivity index (χ0n) is 16.8. The van der Waals surface area contributed by atoms with Crippen molar-refractivity contribution in [2.45, 2.75) is 58.2 Å². The minimum absolute atomic E-state index is 0.128. The first kappa shape index (κ1) is 20.6. The summed E-state index contributed by atoms with van der Waals surface area (Å²) >= 11 is 0. The summed E-state index contributed by atoms with van der Waals surface area (Å²) in [6.45, 7) is 6.14. The number of benzene rings is 1. The van der Waals surface area contributed by atoms with Crippen LogP contribution in [0, 0.1) is 11.3 Å². The van der Waals surface area contributed by atoms with Crippen LogP contribution in [-0.2, 0) is 4.79 Å². The molecule has 1 amide bonds. The average molecular weight is 371 g/mol. The van der Waals surface area contributed by atoms with Gasteiger partial charge in [0.1, 0.15) is 11.6 Å². The molecular formula is C21H29N3O3. The number of nitriles is 1. The Morgan fingerprint density at radius 2 is 1.89 bits per heavy atom. The quantitative estimate of drug-likeness (QED) is 0.611. The number of carbonyl (C=O) groups excluding carboxylic acids is 1. The van der Waals surface area contributed by atoms with Gasteiger partial charge in [0.05, 0.1) is 20.3 Å². The molecule has 1 aromatic rings. The van der Waals surface area contributed by atoms with E-state index >= 15 is 0 Å². The summed E-state index contributed by atoms with van der Waals surface area (Å²) in [5.41, 5.74) is 1.00. The fourth-order valence-electron chi connectivity index (χ4n) is 3.46. The van der Waals surface area contributed by atoms with Crippen LogP contribution in [0.25, 0.3) is 0 Å².